The molecule has 0 saturated heterocycles. The molecule has 0 unspecified atom stereocenters. The summed E-state index contributed by atoms with van der Waals surface area (Å²) in [7, 11) is 0. The Balaban J connectivity index is 2.96. The van der Waals surface area contributed by atoms with Gasteiger partial charge in [-0.2, -0.15) is 4.09 Å². The number of halogens is 1. The lowest BCUT2D eigenvalue weighted by atomic mass is 10.3. The molecule has 0 aromatic carbocycles. The molecule has 0 bridgehead atoms. The summed E-state index contributed by atoms with van der Waals surface area (Å²) in [6.45, 7) is 1.92. The molecule has 1 rings (SSSR count). The van der Waals surface area contributed by atoms with Gasteiger partial charge in [-0.3, -0.25) is 0 Å². The summed E-state index contributed by atoms with van der Waals surface area (Å²) in [5, 5.41) is 3.68. The third kappa shape index (κ3) is 1.23. The van der Waals surface area contributed by atoms with Gasteiger partial charge in [-0.1, -0.05) is 6.92 Å². The van der Waals surface area contributed by atoms with E-state index in [4.69, 9.17) is 5.73 Å². The average Bonchev–Trinajstić information content (AvgIpc) is 2.30. The van der Waals surface area contributed by atoms with Crippen LogP contribution in [0, 0.1) is 0 Å². The molecule has 1 heterocycles. The Kier molecular flexibility index (Phi) is 2.16. The Bertz CT molecular complexity index is 201. The molecular weight excluding hydrogens is 153 g/mol. The average molecular weight is 161 g/mol. The predicted molar refractivity (Wildman–Crippen MR) is 40.1 cm³/mol. The minimum atomic E-state index is 0.0664. The van der Waals surface area contributed by atoms with E-state index < -0.39 is 0 Å². The molecule has 0 aliphatic carbocycles. The number of nitrogen functional groups attached to an aromatic ring is 1. The fourth-order valence-corrected chi connectivity index (χ4v) is 1.12. The highest BCUT2D eigenvalue weighted by Crippen LogP contribution is 2.14. The second-order valence-corrected chi connectivity index (χ2v) is 2.34. The molecule has 1 aromatic rings. The first kappa shape index (κ1) is 7.40. The number of anilines is 1. The van der Waals surface area contributed by atoms with Crippen LogP contribution in [0.15, 0.2) is 6.07 Å². The van der Waals surface area contributed by atoms with E-state index in [9.17, 15) is 3.89 Å². The zero-order valence-corrected chi connectivity index (χ0v) is 6.36. The Morgan fingerprint density at radius 3 is 3.00 bits per heavy atom. The van der Waals surface area contributed by atoms with Crippen molar-refractivity contribution in [1.29, 1.82) is 0 Å². The molecule has 0 aliphatic heterocycles. The molecule has 0 aliphatic rings. The molecule has 3 nitrogen and oxygen atoms in total. The lowest BCUT2D eigenvalue weighted by Gasteiger charge is -1.93. The molecule has 0 atom stereocenters. The highest BCUT2D eigenvalue weighted by molar-refractivity contribution is 7.92. The molecule has 0 saturated carbocycles. The Hall–Kier alpha value is -0.710. The zero-order chi connectivity index (χ0) is 7.56. The van der Waals surface area contributed by atoms with Crippen molar-refractivity contribution in [2.45, 2.75) is 13.3 Å². The van der Waals surface area contributed by atoms with Gasteiger partial charge < -0.3 is 5.73 Å². The van der Waals surface area contributed by atoms with Crippen molar-refractivity contribution in [2.24, 2.45) is 0 Å². The normalized spacial score (nSPS) is 10.2. The Morgan fingerprint density at radius 1 is 1.90 bits per heavy atom. The second kappa shape index (κ2) is 2.92. The van der Waals surface area contributed by atoms with E-state index in [1.165, 1.54) is 4.09 Å². The number of hydrogen-bond donors (Lipinski definition) is 1. The lowest BCUT2D eigenvalue weighted by molar-refractivity contribution is 0.846. The van der Waals surface area contributed by atoms with Gasteiger partial charge in [-0.05, 0) is 6.42 Å². The van der Waals surface area contributed by atoms with Gasteiger partial charge in [0.15, 0.2) is 12.3 Å². The number of nitrogens with two attached hydrogens (primary N) is 1. The van der Waals surface area contributed by atoms with Crippen LogP contribution in [0.3, 0.4) is 0 Å². The maximum absolute atomic E-state index is 11.9. The smallest absolute Gasteiger partial charge is 0.187 e. The molecule has 10 heavy (non-hydrogen) atoms. The van der Waals surface area contributed by atoms with Gasteiger partial charge in [0.1, 0.15) is 5.82 Å². The Morgan fingerprint density at radius 2 is 2.60 bits per heavy atom. The third-order valence-corrected chi connectivity index (χ3v) is 1.64. The van der Waals surface area contributed by atoms with Gasteiger partial charge in [0.25, 0.3) is 0 Å². The van der Waals surface area contributed by atoms with Crippen molar-refractivity contribution in [3.05, 3.63) is 11.8 Å². The van der Waals surface area contributed by atoms with Crippen LogP contribution in [0.4, 0.5) is 9.70 Å². The van der Waals surface area contributed by atoms with Crippen LogP contribution in [0.25, 0.3) is 0 Å². The molecule has 5 heteroatoms. The number of aryl methyl sites for hydroxylation is 1. The first-order valence-corrected chi connectivity index (χ1v) is 3.58. The van der Waals surface area contributed by atoms with Crippen LogP contribution in [0.5, 0.6) is 0 Å². The fourth-order valence-electron chi connectivity index (χ4n) is 0.721. The zero-order valence-electron chi connectivity index (χ0n) is 5.54. The standard InChI is InChI=1S/C5H8FN3S/c1-2-4-3-5(7)8-9(4)10-6/h3H,2H2,1H3,(H2,7,8). The van der Waals surface area contributed by atoms with Crippen LogP contribution >= 0.6 is 12.3 Å². The van der Waals surface area contributed by atoms with Crippen LogP contribution in [0.1, 0.15) is 12.6 Å². The summed E-state index contributed by atoms with van der Waals surface area (Å²) in [6.07, 6.45) is 0.737. The minimum Gasteiger partial charge on any atom is -0.382 e. The van der Waals surface area contributed by atoms with E-state index in [1.54, 1.807) is 6.07 Å². The molecule has 2 N–H and O–H groups in total. The van der Waals surface area contributed by atoms with Gasteiger partial charge in [0.05, 0.1) is 5.69 Å². The SMILES string of the molecule is CCc1cc(N)nn1SF. The topological polar surface area (TPSA) is 43.8 Å². The Labute approximate surface area is 62.8 Å². The maximum atomic E-state index is 11.9. The minimum absolute atomic E-state index is 0.0664. The van der Waals surface area contributed by atoms with E-state index in [1.807, 2.05) is 6.92 Å². The van der Waals surface area contributed by atoms with Gasteiger partial charge in [-0.25, -0.2) is 0 Å². The highest BCUT2D eigenvalue weighted by atomic mass is 32.2. The number of aromatic nitrogens is 2. The molecule has 0 amide bonds. The van der Waals surface area contributed by atoms with E-state index in [0.717, 1.165) is 12.1 Å². The fraction of sp³-hybridized carbons (Fsp3) is 0.400. The van der Waals surface area contributed by atoms with Crippen LogP contribution < -0.4 is 5.73 Å². The number of nitrogens with zero attached hydrogens (tertiary/aromatic N) is 2. The molecule has 0 radical (unpaired) electrons. The van der Waals surface area contributed by atoms with E-state index in [0.29, 0.717) is 5.82 Å². The largest absolute Gasteiger partial charge is 0.382 e. The lowest BCUT2D eigenvalue weighted by Crippen LogP contribution is -1.92. The monoisotopic (exact) mass is 161 g/mol. The molecule has 0 fully saturated rings. The summed E-state index contributed by atoms with van der Waals surface area (Å²) in [5.74, 6) is 0.363. The van der Waals surface area contributed by atoms with Gasteiger partial charge in [0, 0.05) is 6.07 Å². The quantitative estimate of drug-likeness (QED) is 0.713. The summed E-state index contributed by atoms with van der Waals surface area (Å²) in [5.41, 5.74) is 6.11. The number of hydrogen-bond acceptors (Lipinski definition) is 3. The van der Waals surface area contributed by atoms with Crippen molar-refractivity contribution < 1.29 is 3.89 Å². The summed E-state index contributed by atoms with van der Waals surface area (Å²) in [6, 6.07) is 1.66. The first-order chi connectivity index (χ1) is 4.77. The van der Waals surface area contributed by atoms with E-state index >= 15 is 0 Å². The number of rotatable bonds is 2. The van der Waals surface area contributed by atoms with Crippen molar-refractivity contribution in [1.82, 2.24) is 9.19 Å². The summed E-state index contributed by atoms with van der Waals surface area (Å²) in [4.78, 5) is 0. The maximum Gasteiger partial charge on any atom is 0.187 e. The highest BCUT2D eigenvalue weighted by Gasteiger charge is 2.02. The van der Waals surface area contributed by atoms with Gasteiger partial charge in [0.2, 0.25) is 0 Å². The predicted octanol–water partition coefficient (Wildman–Crippen LogP) is 1.41. The molecular formula is C5H8FN3S. The molecule has 56 valence electrons. The van der Waals surface area contributed by atoms with Crippen LogP contribution in [0.2, 0.25) is 0 Å². The first-order valence-electron chi connectivity index (χ1n) is 2.91. The second-order valence-electron chi connectivity index (χ2n) is 1.86. The molecule has 1 aromatic heterocycles. The van der Waals surface area contributed by atoms with Crippen LogP contribution in [-0.4, -0.2) is 9.19 Å². The van der Waals surface area contributed by atoms with Crippen LogP contribution in [-0.2, 0) is 6.42 Å². The summed E-state index contributed by atoms with van der Waals surface area (Å²) >= 11 is 0.0664. The summed E-state index contributed by atoms with van der Waals surface area (Å²) < 4.78 is 13.1. The van der Waals surface area contributed by atoms with E-state index in [2.05, 4.69) is 5.10 Å². The van der Waals surface area contributed by atoms with Crippen molar-refractivity contribution >= 4 is 18.2 Å². The van der Waals surface area contributed by atoms with Crippen molar-refractivity contribution in [2.75, 3.05) is 5.73 Å². The third-order valence-electron chi connectivity index (χ3n) is 1.19. The van der Waals surface area contributed by atoms with E-state index in [-0.39, 0.29) is 12.3 Å². The van der Waals surface area contributed by atoms with Crippen molar-refractivity contribution in [3.8, 4) is 0 Å². The molecule has 0 spiro atoms. The van der Waals surface area contributed by atoms with Gasteiger partial charge >= 0.3 is 0 Å². The van der Waals surface area contributed by atoms with Crippen molar-refractivity contribution in [3.63, 3.8) is 0 Å². The van der Waals surface area contributed by atoms with Gasteiger partial charge in [-0.15, -0.1) is 8.98 Å².